The summed E-state index contributed by atoms with van der Waals surface area (Å²) in [6.45, 7) is 9.82. The van der Waals surface area contributed by atoms with Crippen LogP contribution in [0.1, 0.15) is 65.0 Å². The Bertz CT molecular complexity index is 1210. The van der Waals surface area contributed by atoms with Gasteiger partial charge < -0.3 is 25.8 Å². The zero-order valence-electron chi connectivity index (χ0n) is 26.0. The summed E-state index contributed by atoms with van der Waals surface area (Å²) in [5.74, 6) is -1.66. The summed E-state index contributed by atoms with van der Waals surface area (Å²) in [7, 11) is 0. The van der Waals surface area contributed by atoms with E-state index in [0.717, 1.165) is 11.1 Å². The molecule has 2 unspecified atom stereocenters. The molecule has 4 N–H and O–H groups in total. The summed E-state index contributed by atoms with van der Waals surface area (Å²) in [6.07, 6.45) is 0.362. The maximum atomic E-state index is 13.7. The van der Waals surface area contributed by atoms with E-state index in [1.165, 1.54) is 0 Å². The highest BCUT2D eigenvalue weighted by Gasteiger charge is 2.50. The van der Waals surface area contributed by atoms with Crippen LogP contribution in [0.15, 0.2) is 60.7 Å². The molecule has 234 valence electrons. The number of aliphatic hydroxyl groups excluding tert-OH is 1. The van der Waals surface area contributed by atoms with E-state index in [-0.39, 0.29) is 30.5 Å². The molecule has 9 heteroatoms. The minimum Gasteiger partial charge on any atom is -0.383 e. The van der Waals surface area contributed by atoms with Crippen LogP contribution in [-0.4, -0.2) is 65.0 Å². The SMILES string of the molecule is CC(C)CC(NC(=O)[C@@H](O)CCc1ccccc1)C(=O)N[C@@H](Cc1ccccc1)C(=O)NC(CC(C)C)C(=O)[C@@]1(C)CO1. The van der Waals surface area contributed by atoms with Crippen molar-refractivity contribution in [3.05, 3.63) is 71.8 Å². The first-order valence-electron chi connectivity index (χ1n) is 15.2. The first kappa shape index (κ1) is 33.9. The number of carbonyl (C=O) groups is 4. The molecule has 0 radical (unpaired) electrons. The number of hydrogen-bond donors (Lipinski definition) is 4. The molecule has 1 aliphatic rings. The third kappa shape index (κ3) is 10.9. The monoisotopic (exact) mass is 593 g/mol. The predicted octanol–water partition coefficient (Wildman–Crippen LogP) is 3.13. The Labute approximate surface area is 255 Å². The van der Waals surface area contributed by atoms with Crippen molar-refractivity contribution in [3.63, 3.8) is 0 Å². The normalized spacial score (nSPS) is 18.8. The van der Waals surface area contributed by atoms with E-state index in [9.17, 15) is 24.3 Å². The summed E-state index contributed by atoms with van der Waals surface area (Å²) >= 11 is 0. The number of rotatable bonds is 17. The molecule has 0 bridgehead atoms. The van der Waals surface area contributed by atoms with Crippen molar-refractivity contribution in [2.75, 3.05) is 6.61 Å². The van der Waals surface area contributed by atoms with Crippen molar-refractivity contribution >= 4 is 23.5 Å². The fourth-order valence-corrected chi connectivity index (χ4v) is 4.98. The van der Waals surface area contributed by atoms with Crippen LogP contribution < -0.4 is 16.0 Å². The van der Waals surface area contributed by atoms with Gasteiger partial charge in [0.05, 0.1) is 12.6 Å². The summed E-state index contributed by atoms with van der Waals surface area (Å²) in [5, 5.41) is 19.0. The highest BCUT2D eigenvalue weighted by atomic mass is 16.6. The average molecular weight is 594 g/mol. The number of amides is 3. The van der Waals surface area contributed by atoms with Gasteiger partial charge in [0.2, 0.25) is 17.7 Å². The van der Waals surface area contributed by atoms with E-state index in [2.05, 4.69) is 16.0 Å². The summed E-state index contributed by atoms with van der Waals surface area (Å²) in [5.41, 5.74) is 0.920. The molecule has 2 aromatic rings. The van der Waals surface area contributed by atoms with Crippen LogP contribution >= 0.6 is 0 Å². The molecule has 5 atom stereocenters. The number of epoxide rings is 1. The minimum atomic E-state index is -1.29. The van der Waals surface area contributed by atoms with Gasteiger partial charge in [0.15, 0.2) is 5.78 Å². The van der Waals surface area contributed by atoms with Crippen molar-refractivity contribution in [1.82, 2.24) is 16.0 Å². The van der Waals surface area contributed by atoms with Gasteiger partial charge in [-0.1, -0.05) is 88.4 Å². The van der Waals surface area contributed by atoms with Crippen molar-refractivity contribution in [1.29, 1.82) is 0 Å². The molecule has 3 rings (SSSR count). The van der Waals surface area contributed by atoms with Crippen molar-refractivity contribution in [3.8, 4) is 0 Å². The second-order valence-electron chi connectivity index (χ2n) is 12.6. The van der Waals surface area contributed by atoms with Crippen molar-refractivity contribution in [2.24, 2.45) is 11.8 Å². The Balaban J connectivity index is 1.74. The molecular weight excluding hydrogens is 546 g/mol. The lowest BCUT2D eigenvalue weighted by Gasteiger charge is -2.27. The summed E-state index contributed by atoms with van der Waals surface area (Å²) < 4.78 is 5.36. The number of ketones is 1. The Hall–Kier alpha value is -3.56. The van der Waals surface area contributed by atoms with E-state index in [0.29, 0.717) is 25.9 Å². The Kier molecular flexibility index (Phi) is 12.5. The molecule has 0 aromatic heterocycles. The molecule has 0 aliphatic carbocycles. The Morgan fingerprint density at radius 2 is 1.21 bits per heavy atom. The lowest BCUT2D eigenvalue weighted by Crippen LogP contribution is -2.58. The van der Waals surface area contributed by atoms with E-state index < -0.39 is 47.6 Å². The molecule has 9 nitrogen and oxygen atoms in total. The van der Waals surface area contributed by atoms with Crippen LogP contribution in [0.4, 0.5) is 0 Å². The molecule has 1 aliphatic heterocycles. The summed E-state index contributed by atoms with van der Waals surface area (Å²) in [6, 6.07) is 16.1. The first-order valence-corrected chi connectivity index (χ1v) is 15.2. The fraction of sp³-hybridized carbons (Fsp3) is 0.529. The molecule has 0 spiro atoms. The van der Waals surface area contributed by atoms with Gasteiger partial charge in [-0.25, -0.2) is 0 Å². The molecule has 43 heavy (non-hydrogen) atoms. The van der Waals surface area contributed by atoms with Gasteiger partial charge >= 0.3 is 0 Å². The van der Waals surface area contributed by atoms with Crippen LogP contribution in [-0.2, 0) is 36.8 Å². The number of hydrogen-bond acceptors (Lipinski definition) is 6. The van der Waals surface area contributed by atoms with Crippen LogP contribution in [0.5, 0.6) is 0 Å². The zero-order valence-corrected chi connectivity index (χ0v) is 26.0. The van der Waals surface area contributed by atoms with Gasteiger partial charge in [-0.15, -0.1) is 0 Å². The van der Waals surface area contributed by atoms with Gasteiger partial charge in [-0.2, -0.15) is 0 Å². The third-order valence-electron chi connectivity index (χ3n) is 7.55. The molecule has 1 fully saturated rings. The van der Waals surface area contributed by atoms with E-state index in [1.54, 1.807) is 6.92 Å². The van der Waals surface area contributed by atoms with Crippen LogP contribution in [0.25, 0.3) is 0 Å². The predicted molar refractivity (Wildman–Crippen MR) is 165 cm³/mol. The minimum absolute atomic E-state index is 0.0474. The molecular formula is C34H47N3O6. The number of benzene rings is 2. The molecule has 0 saturated carbocycles. The number of Topliss-reactive ketones (excluding diaryl/α,β-unsaturated/α-hetero) is 1. The van der Waals surface area contributed by atoms with Crippen LogP contribution in [0.2, 0.25) is 0 Å². The van der Waals surface area contributed by atoms with E-state index >= 15 is 0 Å². The van der Waals surface area contributed by atoms with Gasteiger partial charge in [0, 0.05) is 6.42 Å². The second kappa shape index (κ2) is 15.8. The van der Waals surface area contributed by atoms with Gasteiger partial charge in [0.25, 0.3) is 0 Å². The van der Waals surface area contributed by atoms with E-state index in [1.807, 2.05) is 88.4 Å². The molecule has 2 aromatic carbocycles. The van der Waals surface area contributed by atoms with E-state index in [4.69, 9.17) is 4.74 Å². The quantitative estimate of drug-likeness (QED) is 0.208. The largest absolute Gasteiger partial charge is 0.383 e. The first-order chi connectivity index (χ1) is 20.4. The molecule has 3 amide bonds. The number of aryl methyl sites for hydroxylation is 1. The number of aliphatic hydroxyl groups is 1. The summed E-state index contributed by atoms with van der Waals surface area (Å²) in [4.78, 5) is 53.4. The van der Waals surface area contributed by atoms with Gasteiger partial charge in [-0.05, 0) is 55.6 Å². The maximum Gasteiger partial charge on any atom is 0.249 e. The zero-order chi connectivity index (χ0) is 31.6. The molecule has 1 heterocycles. The highest BCUT2D eigenvalue weighted by Crippen LogP contribution is 2.29. The van der Waals surface area contributed by atoms with Crippen LogP contribution in [0.3, 0.4) is 0 Å². The van der Waals surface area contributed by atoms with Crippen LogP contribution in [0, 0.1) is 11.8 Å². The second-order valence-corrected chi connectivity index (χ2v) is 12.6. The Morgan fingerprint density at radius 3 is 1.74 bits per heavy atom. The highest BCUT2D eigenvalue weighted by molar-refractivity contribution is 5.98. The Morgan fingerprint density at radius 1 is 0.744 bits per heavy atom. The van der Waals surface area contributed by atoms with Gasteiger partial charge in [-0.3, -0.25) is 19.2 Å². The van der Waals surface area contributed by atoms with Crippen molar-refractivity contribution < 1.29 is 29.0 Å². The maximum absolute atomic E-state index is 13.7. The number of carbonyl (C=O) groups excluding carboxylic acids is 4. The molecule has 1 saturated heterocycles. The van der Waals surface area contributed by atoms with Gasteiger partial charge in [0.1, 0.15) is 23.8 Å². The average Bonchev–Trinajstić information content (AvgIpc) is 3.73. The standard InChI is InChI=1S/C34H47N3O6/c1-22(2)18-26(30(39)34(5)21-43-34)35-32(41)28(20-25-14-10-7-11-15-25)36-31(40)27(19-23(3)4)37-33(42)29(38)17-16-24-12-8-6-9-13-24/h6-15,22-23,26-29,38H,16-21H2,1-5H3,(H,35,41)(H,36,40)(H,37,42)/t26?,27?,28-,29-,34+/m0/s1. The number of ether oxygens (including phenoxy) is 1. The smallest absolute Gasteiger partial charge is 0.249 e. The third-order valence-corrected chi connectivity index (χ3v) is 7.55. The topological polar surface area (TPSA) is 137 Å². The lowest BCUT2D eigenvalue weighted by molar-refractivity contribution is -0.136. The fourth-order valence-electron chi connectivity index (χ4n) is 4.98. The number of nitrogens with one attached hydrogen (secondary N) is 3. The van der Waals surface area contributed by atoms with Crippen molar-refractivity contribution in [2.45, 2.75) is 96.6 Å². The lowest BCUT2D eigenvalue weighted by atomic mass is 9.93.